The van der Waals surface area contributed by atoms with E-state index in [-0.39, 0.29) is 42.0 Å². The number of alkyl carbamates (subject to hydrolysis) is 1. The van der Waals surface area contributed by atoms with Crippen molar-refractivity contribution in [3.8, 4) is 5.75 Å². The third-order valence-corrected chi connectivity index (χ3v) is 9.54. The van der Waals surface area contributed by atoms with Gasteiger partial charge in [-0.2, -0.15) is 4.31 Å². The van der Waals surface area contributed by atoms with Gasteiger partial charge in [0, 0.05) is 25.6 Å². The van der Waals surface area contributed by atoms with Crippen LogP contribution in [-0.4, -0.2) is 75.1 Å². The highest BCUT2D eigenvalue weighted by atomic mass is 32.2. The van der Waals surface area contributed by atoms with Crippen LogP contribution < -0.4 is 10.1 Å². The zero-order valence-corrected chi connectivity index (χ0v) is 24.4. The van der Waals surface area contributed by atoms with E-state index in [1.807, 2.05) is 44.2 Å². The number of aliphatic hydroxyl groups is 1. The summed E-state index contributed by atoms with van der Waals surface area (Å²) in [5, 5.41) is 14.3. The number of benzene rings is 2. The van der Waals surface area contributed by atoms with E-state index in [2.05, 4.69) is 5.32 Å². The first-order valence-corrected chi connectivity index (χ1v) is 15.6. The van der Waals surface area contributed by atoms with Crippen LogP contribution in [0.1, 0.15) is 45.1 Å². The summed E-state index contributed by atoms with van der Waals surface area (Å²) in [6, 6.07) is 14.9. The summed E-state index contributed by atoms with van der Waals surface area (Å²) in [5.74, 6) is 0.750. The second-order valence-corrected chi connectivity index (χ2v) is 13.1. The number of ether oxygens (including phenoxy) is 3. The van der Waals surface area contributed by atoms with Gasteiger partial charge in [-0.1, -0.05) is 44.2 Å². The molecule has 2 fully saturated rings. The van der Waals surface area contributed by atoms with E-state index in [0.717, 1.165) is 31.2 Å². The largest absolute Gasteiger partial charge is 0.497 e. The number of amides is 1. The molecule has 1 saturated carbocycles. The topological polar surface area (TPSA) is 114 Å². The van der Waals surface area contributed by atoms with Gasteiger partial charge in [-0.25, -0.2) is 13.2 Å². The Morgan fingerprint density at radius 2 is 1.80 bits per heavy atom. The molecular weight excluding hydrogens is 532 g/mol. The van der Waals surface area contributed by atoms with E-state index >= 15 is 0 Å². The minimum Gasteiger partial charge on any atom is -0.497 e. The van der Waals surface area contributed by atoms with Crippen molar-refractivity contribution in [2.75, 3.05) is 26.8 Å². The second-order valence-electron chi connectivity index (χ2n) is 11.1. The van der Waals surface area contributed by atoms with Gasteiger partial charge in [0.25, 0.3) is 0 Å². The van der Waals surface area contributed by atoms with Gasteiger partial charge in [0.05, 0.1) is 30.3 Å². The van der Waals surface area contributed by atoms with Gasteiger partial charge in [0.1, 0.15) is 11.9 Å². The van der Waals surface area contributed by atoms with Crippen LogP contribution in [0.15, 0.2) is 59.5 Å². The third kappa shape index (κ3) is 7.75. The van der Waals surface area contributed by atoms with Crippen molar-refractivity contribution in [1.82, 2.24) is 9.62 Å². The van der Waals surface area contributed by atoms with Crippen LogP contribution in [0.4, 0.5) is 4.79 Å². The van der Waals surface area contributed by atoms with Crippen molar-refractivity contribution in [2.45, 2.75) is 75.2 Å². The molecule has 1 aliphatic heterocycles. The Morgan fingerprint density at radius 1 is 1.07 bits per heavy atom. The Morgan fingerprint density at radius 3 is 2.48 bits per heavy atom. The Hall–Kier alpha value is -2.66. The summed E-state index contributed by atoms with van der Waals surface area (Å²) in [4.78, 5) is 13.2. The van der Waals surface area contributed by atoms with Gasteiger partial charge < -0.3 is 24.6 Å². The zero-order valence-electron chi connectivity index (χ0n) is 23.6. The van der Waals surface area contributed by atoms with Gasteiger partial charge in [-0.15, -0.1) is 0 Å². The van der Waals surface area contributed by atoms with Crippen LogP contribution in [0, 0.1) is 11.8 Å². The van der Waals surface area contributed by atoms with Crippen LogP contribution in [0.2, 0.25) is 0 Å². The summed E-state index contributed by atoms with van der Waals surface area (Å²) in [6.07, 6.45) is 1.99. The molecule has 2 aliphatic rings. The molecule has 40 heavy (non-hydrogen) atoms. The van der Waals surface area contributed by atoms with Gasteiger partial charge in [0.15, 0.2) is 0 Å². The molecule has 2 N–H and O–H groups in total. The molecular formula is C30H42N2O7S. The maximum Gasteiger partial charge on any atom is 0.407 e. The average molecular weight is 575 g/mol. The molecule has 1 aliphatic carbocycles. The summed E-state index contributed by atoms with van der Waals surface area (Å²) in [5.41, 5.74) is 0.905. The number of carbonyl (C=O) groups is 1. The highest BCUT2D eigenvalue weighted by Crippen LogP contribution is 2.36. The number of carbonyl (C=O) groups excluding carboxylic acids is 1. The van der Waals surface area contributed by atoms with Crippen molar-refractivity contribution in [2.24, 2.45) is 11.8 Å². The van der Waals surface area contributed by atoms with Crippen molar-refractivity contribution < 1.29 is 32.5 Å². The quantitative estimate of drug-likeness (QED) is 0.394. The van der Waals surface area contributed by atoms with E-state index in [0.29, 0.717) is 18.8 Å². The first-order chi connectivity index (χ1) is 19.2. The first-order valence-electron chi connectivity index (χ1n) is 14.1. The molecule has 0 radical (unpaired) electrons. The highest BCUT2D eigenvalue weighted by Gasteiger charge is 2.40. The highest BCUT2D eigenvalue weighted by molar-refractivity contribution is 7.89. The van der Waals surface area contributed by atoms with Gasteiger partial charge in [-0.3, -0.25) is 0 Å². The average Bonchev–Trinajstić information content (AvgIpc) is 3.43. The fourth-order valence-corrected chi connectivity index (χ4v) is 7.27. The molecule has 2 aromatic carbocycles. The fourth-order valence-electron chi connectivity index (χ4n) is 5.65. The third-order valence-electron chi connectivity index (χ3n) is 7.70. The van der Waals surface area contributed by atoms with Crippen LogP contribution >= 0.6 is 0 Å². The van der Waals surface area contributed by atoms with Crippen LogP contribution in [0.3, 0.4) is 0 Å². The summed E-state index contributed by atoms with van der Waals surface area (Å²) in [7, 11) is -2.41. The Bertz CT molecular complexity index is 1190. The molecule has 10 heteroatoms. The molecule has 5 atom stereocenters. The summed E-state index contributed by atoms with van der Waals surface area (Å²) >= 11 is 0. The molecule has 0 bridgehead atoms. The van der Waals surface area contributed by atoms with E-state index in [4.69, 9.17) is 14.2 Å². The fraction of sp³-hybridized carbons (Fsp3) is 0.567. The lowest BCUT2D eigenvalue weighted by Gasteiger charge is -2.34. The molecule has 0 aromatic heterocycles. The summed E-state index contributed by atoms with van der Waals surface area (Å²) in [6.45, 7) is 4.54. The molecule has 2 aromatic rings. The molecule has 1 saturated heterocycles. The number of sulfonamides is 1. The Labute approximate surface area is 237 Å². The van der Waals surface area contributed by atoms with E-state index in [9.17, 15) is 18.3 Å². The number of aliphatic hydroxyl groups excluding tert-OH is 1. The molecule has 220 valence electrons. The predicted molar refractivity (Wildman–Crippen MR) is 152 cm³/mol. The number of methoxy groups -OCH3 is 1. The van der Waals surface area contributed by atoms with E-state index in [1.165, 1.54) is 23.5 Å². The monoisotopic (exact) mass is 574 g/mol. The second kappa shape index (κ2) is 13.8. The minimum atomic E-state index is -3.92. The lowest BCUT2D eigenvalue weighted by molar-refractivity contribution is -0.0153. The minimum absolute atomic E-state index is 0.0126. The maximum absolute atomic E-state index is 13.6. The molecule has 0 spiro atoms. The lowest BCUT2D eigenvalue weighted by Crippen LogP contribution is -2.52. The van der Waals surface area contributed by atoms with Crippen LogP contribution in [0.5, 0.6) is 5.75 Å². The SMILES string of the molecule is COc1ccc(S(=O)(=O)N(CC(C)C)C[C@@H](O)[C@H](Cc2ccccc2)NC(=O)O[C@H]2CCC[C@H]3OCC[C@@H]23)cc1. The number of hydrogen-bond donors (Lipinski definition) is 2. The Balaban J connectivity index is 1.51. The van der Waals surface area contributed by atoms with Gasteiger partial charge in [-0.05, 0) is 67.9 Å². The number of fused-ring (bicyclic) bond motifs is 1. The van der Waals surface area contributed by atoms with Crippen LogP contribution in [0.25, 0.3) is 0 Å². The van der Waals surface area contributed by atoms with Crippen molar-refractivity contribution >= 4 is 16.1 Å². The first kappa shape index (κ1) is 30.3. The van der Waals surface area contributed by atoms with Crippen molar-refractivity contribution in [1.29, 1.82) is 0 Å². The number of hydrogen-bond acceptors (Lipinski definition) is 7. The molecule has 1 amide bonds. The number of nitrogens with zero attached hydrogens (tertiary/aromatic N) is 1. The molecule has 4 rings (SSSR count). The standard InChI is InChI=1S/C30H42N2O7S/c1-21(2)19-32(40(35,36)24-14-12-23(37-3)13-15-24)20-27(33)26(18-22-8-5-4-6-9-22)31-30(34)39-29-11-7-10-28-25(29)16-17-38-28/h4-6,8-9,12-15,21,25-29,33H,7,10-11,16-20H2,1-3H3,(H,31,34)/t25-,26+,27-,28-,29+/m1/s1. The lowest BCUT2D eigenvalue weighted by atomic mass is 9.83. The van der Waals surface area contributed by atoms with E-state index < -0.39 is 28.3 Å². The predicted octanol–water partition coefficient (Wildman–Crippen LogP) is 4.00. The van der Waals surface area contributed by atoms with E-state index in [1.54, 1.807) is 12.1 Å². The maximum atomic E-state index is 13.6. The van der Waals surface area contributed by atoms with Gasteiger partial charge in [0.2, 0.25) is 10.0 Å². The Kier molecular flexibility index (Phi) is 10.5. The smallest absolute Gasteiger partial charge is 0.407 e. The molecule has 0 unspecified atom stereocenters. The van der Waals surface area contributed by atoms with Crippen molar-refractivity contribution in [3.05, 3.63) is 60.2 Å². The zero-order chi connectivity index (χ0) is 28.7. The van der Waals surface area contributed by atoms with Crippen LogP contribution in [-0.2, 0) is 25.9 Å². The molecule has 1 heterocycles. The summed E-state index contributed by atoms with van der Waals surface area (Å²) < 4.78 is 45.4. The van der Waals surface area contributed by atoms with Crippen molar-refractivity contribution in [3.63, 3.8) is 0 Å². The normalized spacial score (nSPS) is 22.5. The number of rotatable bonds is 12. The molecule has 9 nitrogen and oxygen atoms in total. The number of nitrogens with one attached hydrogen (secondary N) is 1. The van der Waals surface area contributed by atoms with Gasteiger partial charge >= 0.3 is 6.09 Å².